The smallest absolute Gasteiger partial charge is 0.237 e. The van der Waals surface area contributed by atoms with Gasteiger partial charge in [-0.05, 0) is 31.6 Å². The Morgan fingerprint density at radius 3 is 2.54 bits per heavy atom. The first-order valence-electron chi connectivity index (χ1n) is 9.09. The summed E-state index contributed by atoms with van der Waals surface area (Å²) in [7, 11) is 1.64. The highest BCUT2D eigenvalue weighted by atomic mass is 32.2. The summed E-state index contributed by atoms with van der Waals surface area (Å²) in [6.45, 7) is 4.53. The van der Waals surface area contributed by atoms with Gasteiger partial charge in [0.05, 0.1) is 18.2 Å². The van der Waals surface area contributed by atoms with Crippen molar-refractivity contribution in [3.63, 3.8) is 0 Å². The quantitative estimate of drug-likeness (QED) is 0.393. The molecule has 2 fully saturated rings. The zero-order valence-electron chi connectivity index (χ0n) is 15.8. The van der Waals surface area contributed by atoms with E-state index < -0.39 is 35.9 Å². The van der Waals surface area contributed by atoms with E-state index in [-0.39, 0.29) is 24.0 Å². The van der Waals surface area contributed by atoms with Gasteiger partial charge in [0.2, 0.25) is 5.91 Å². The van der Waals surface area contributed by atoms with Crippen LogP contribution in [0.2, 0.25) is 0 Å². The maximum Gasteiger partial charge on any atom is 0.237 e. The van der Waals surface area contributed by atoms with Gasteiger partial charge in [-0.2, -0.15) is 0 Å². The second kappa shape index (κ2) is 9.68. The lowest BCUT2D eigenvalue weighted by molar-refractivity contribution is -0.208. The Balaban J connectivity index is 2.09. The Morgan fingerprint density at radius 2 is 1.96 bits per heavy atom. The molecule has 152 valence electrons. The number of piperidine rings is 1. The van der Waals surface area contributed by atoms with Crippen molar-refractivity contribution < 1.29 is 29.6 Å². The van der Waals surface area contributed by atoms with Gasteiger partial charge in [-0.3, -0.25) is 4.79 Å². The number of aliphatic hydroxyl groups is 3. The number of aliphatic hydroxyl groups excluding tert-OH is 3. The number of methoxy groups -OCH3 is 1. The number of rotatable bonds is 6. The van der Waals surface area contributed by atoms with Gasteiger partial charge in [0.15, 0.2) is 0 Å². The van der Waals surface area contributed by atoms with E-state index in [1.165, 1.54) is 11.8 Å². The van der Waals surface area contributed by atoms with E-state index >= 15 is 0 Å². The van der Waals surface area contributed by atoms with Crippen LogP contribution in [0.5, 0.6) is 0 Å². The fraction of sp³-hybridized carbons (Fsp3) is 0.941. The molecule has 2 saturated heterocycles. The SMILES string of the molecule is CO[C@@H]1CCN[C@H](C(=O)N[C@H](C(C)C)[C@H]2O[C@H](SC)[C@H](O)[C@@H](O)[C@H]2O)C1. The van der Waals surface area contributed by atoms with Crippen molar-refractivity contribution in [2.45, 2.75) is 74.7 Å². The van der Waals surface area contributed by atoms with Crippen LogP contribution < -0.4 is 10.6 Å². The summed E-state index contributed by atoms with van der Waals surface area (Å²) in [5.74, 6) is -0.215. The van der Waals surface area contributed by atoms with Crippen molar-refractivity contribution in [3.05, 3.63) is 0 Å². The summed E-state index contributed by atoms with van der Waals surface area (Å²) < 4.78 is 11.2. The van der Waals surface area contributed by atoms with Gasteiger partial charge >= 0.3 is 0 Å². The lowest BCUT2D eigenvalue weighted by Gasteiger charge is -2.44. The van der Waals surface area contributed by atoms with Gasteiger partial charge < -0.3 is 35.4 Å². The van der Waals surface area contributed by atoms with Crippen molar-refractivity contribution in [3.8, 4) is 0 Å². The first kappa shape index (κ1) is 21.9. The molecule has 2 heterocycles. The molecular weight excluding hydrogens is 360 g/mol. The number of hydrogen-bond acceptors (Lipinski definition) is 8. The largest absolute Gasteiger partial charge is 0.388 e. The number of carbonyl (C=O) groups is 1. The van der Waals surface area contributed by atoms with Crippen LogP contribution in [-0.4, -0.2) is 89.2 Å². The monoisotopic (exact) mass is 392 g/mol. The number of nitrogens with one attached hydrogen (secondary N) is 2. The van der Waals surface area contributed by atoms with Crippen LogP contribution in [0, 0.1) is 5.92 Å². The van der Waals surface area contributed by atoms with Gasteiger partial charge in [-0.1, -0.05) is 13.8 Å². The molecule has 0 aromatic heterocycles. The predicted octanol–water partition coefficient (Wildman–Crippen LogP) is -0.935. The van der Waals surface area contributed by atoms with E-state index in [0.717, 1.165) is 6.42 Å². The molecule has 0 aliphatic carbocycles. The maximum absolute atomic E-state index is 12.7. The third kappa shape index (κ3) is 4.89. The van der Waals surface area contributed by atoms with Crippen molar-refractivity contribution in [2.24, 2.45) is 5.92 Å². The van der Waals surface area contributed by atoms with Crippen molar-refractivity contribution in [2.75, 3.05) is 19.9 Å². The predicted molar refractivity (Wildman–Crippen MR) is 98.8 cm³/mol. The van der Waals surface area contributed by atoms with E-state index in [9.17, 15) is 20.1 Å². The highest BCUT2D eigenvalue weighted by Crippen LogP contribution is 2.30. The Hall–Kier alpha value is -0.420. The Morgan fingerprint density at radius 1 is 1.27 bits per heavy atom. The second-order valence-corrected chi connectivity index (χ2v) is 8.28. The molecule has 0 radical (unpaired) electrons. The van der Waals surface area contributed by atoms with Crippen LogP contribution in [-0.2, 0) is 14.3 Å². The summed E-state index contributed by atoms with van der Waals surface area (Å²) in [6, 6.07) is -0.874. The van der Waals surface area contributed by atoms with Crippen molar-refractivity contribution >= 4 is 17.7 Å². The number of thioether (sulfide) groups is 1. The molecule has 0 spiro atoms. The van der Waals surface area contributed by atoms with Gasteiger partial charge in [-0.25, -0.2) is 0 Å². The third-order valence-corrected chi connectivity index (χ3v) is 6.08. The minimum absolute atomic E-state index is 0.0367. The average molecular weight is 393 g/mol. The summed E-state index contributed by atoms with van der Waals surface area (Å²) in [6.07, 6.45) is -1.36. The van der Waals surface area contributed by atoms with Crippen LogP contribution in [0.15, 0.2) is 0 Å². The fourth-order valence-corrected chi connectivity index (χ4v) is 4.23. The van der Waals surface area contributed by atoms with Crippen LogP contribution in [0.4, 0.5) is 0 Å². The van der Waals surface area contributed by atoms with Gasteiger partial charge in [0, 0.05) is 7.11 Å². The summed E-state index contributed by atoms with van der Waals surface area (Å²) in [5.41, 5.74) is -0.665. The average Bonchev–Trinajstić information content (AvgIpc) is 2.64. The minimum atomic E-state index is -1.32. The highest BCUT2D eigenvalue weighted by Gasteiger charge is 2.47. The number of carbonyl (C=O) groups excluding carboxylic acids is 1. The van der Waals surface area contributed by atoms with Gasteiger partial charge in [-0.15, -0.1) is 11.8 Å². The van der Waals surface area contributed by atoms with Gasteiger partial charge in [0.1, 0.15) is 29.9 Å². The van der Waals surface area contributed by atoms with Crippen LogP contribution in [0.1, 0.15) is 26.7 Å². The zero-order chi connectivity index (χ0) is 19.4. The molecule has 0 unspecified atom stereocenters. The molecule has 0 saturated carbocycles. The van der Waals surface area contributed by atoms with E-state index in [0.29, 0.717) is 13.0 Å². The molecule has 5 N–H and O–H groups in total. The van der Waals surface area contributed by atoms with E-state index in [4.69, 9.17) is 9.47 Å². The maximum atomic E-state index is 12.7. The highest BCUT2D eigenvalue weighted by molar-refractivity contribution is 7.99. The van der Waals surface area contributed by atoms with Crippen LogP contribution >= 0.6 is 11.8 Å². The fourth-order valence-electron chi connectivity index (χ4n) is 3.55. The number of ether oxygens (including phenoxy) is 2. The normalized spacial score (nSPS) is 39.6. The Bertz CT molecular complexity index is 467. The summed E-state index contributed by atoms with van der Waals surface area (Å²) in [5, 5.41) is 36.8. The Kier molecular flexibility index (Phi) is 8.14. The standard InChI is InChI=1S/C17H32N2O6S/c1-8(2)11(15-13(21)12(20)14(22)17(25-15)26-4)19-16(23)10-7-9(24-3)5-6-18-10/h8-15,17-18,20-22H,5-7H2,1-4H3,(H,19,23)/t9-,10+,11-,12+,13-,14-,15-,17-/m1/s1. The molecule has 2 aliphatic heterocycles. The van der Waals surface area contributed by atoms with E-state index in [1.54, 1.807) is 13.4 Å². The summed E-state index contributed by atoms with van der Waals surface area (Å²) >= 11 is 1.26. The van der Waals surface area contributed by atoms with Crippen molar-refractivity contribution in [1.29, 1.82) is 0 Å². The first-order chi connectivity index (χ1) is 12.3. The molecule has 1 amide bonds. The third-order valence-electron chi connectivity index (χ3n) is 5.23. The summed E-state index contributed by atoms with van der Waals surface area (Å²) in [4.78, 5) is 12.7. The van der Waals surface area contributed by atoms with Crippen LogP contribution in [0.25, 0.3) is 0 Å². The Labute approximate surface area is 159 Å². The molecule has 8 atom stereocenters. The first-order valence-corrected chi connectivity index (χ1v) is 10.4. The topological polar surface area (TPSA) is 120 Å². The minimum Gasteiger partial charge on any atom is -0.388 e. The molecule has 2 rings (SSSR count). The molecule has 8 nitrogen and oxygen atoms in total. The molecule has 0 bridgehead atoms. The van der Waals surface area contributed by atoms with E-state index in [1.807, 2.05) is 13.8 Å². The number of hydrogen-bond donors (Lipinski definition) is 5. The van der Waals surface area contributed by atoms with Crippen LogP contribution in [0.3, 0.4) is 0 Å². The lowest BCUT2D eigenvalue weighted by atomic mass is 9.88. The molecule has 0 aromatic rings. The molecular formula is C17H32N2O6S. The second-order valence-electron chi connectivity index (χ2n) is 7.34. The number of amides is 1. The molecule has 9 heteroatoms. The molecule has 26 heavy (non-hydrogen) atoms. The lowest BCUT2D eigenvalue weighted by Crippen LogP contribution is -2.65. The molecule has 0 aromatic carbocycles. The van der Waals surface area contributed by atoms with E-state index in [2.05, 4.69) is 10.6 Å². The van der Waals surface area contributed by atoms with Gasteiger partial charge in [0.25, 0.3) is 0 Å². The molecule has 2 aliphatic rings. The zero-order valence-corrected chi connectivity index (χ0v) is 16.6. The van der Waals surface area contributed by atoms with Crippen molar-refractivity contribution in [1.82, 2.24) is 10.6 Å².